The molecule has 1 saturated heterocycles. The highest BCUT2D eigenvalue weighted by molar-refractivity contribution is 6.16. The summed E-state index contributed by atoms with van der Waals surface area (Å²) in [5.74, 6) is 3.84. The number of primary amides is 1. The Labute approximate surface area is 246 Å². The summed E-state index contributed by atoms with van der Waals surface area (Å²) in [6.45, 7) is 4.45. The molecule has 6 rings (SSSR count). The van der Waals surface area contributed by atoms with Gasteiger partial charge in [0.1, 0.15) is 22.7 Å². The summed E-state index contributed by atoms with van der Waals surface area (Å²) >= 11 is 0. The first-order valence-electron chi connectivity index (χ1n) is 13.9. The first-order chi connectivity index (χ1) is 20.7. The van der Waals surface area contributed by atoms with E-state index in [1.165, 1.54) is 47.5 Å². The SMILES string of the molecule is CN1CCN(CC#Cc2[nH]nc3nccc(Oc4ccc(N(C(=O)C5(C(N)=O)CC5)c5ccc(F)cc5)cc4F)c23)CC1. The molecule has 12 heteroatoms. The molecule has 0 radical (unpaired) electrons. The monoisotopic (exact) mass is 585 g/mol. The van der Waals surface area contributed by atoms with E-state index in [1.807, 2.05) is 0 Å². The Hall–Kier alpha value is -4.86. The number of H-pyrrole nitrogens is 1. The molecule has 2 amide bonds. The van der Waals surface area contributed by atoms with Gasteiger partial charge in [-0.15, -0.1) is 0 Å². The van der Waals surface area contributed by atoms with Crippen molar-refractivity contribution in [1.29, 1.82) is 0 Å². The zero-order valence-corrected chi connectivity index (χ0v) is 23.4. The Morgan fingerprint density at radius 1 is 1.05 bits per heavy atom. The van der Waals surface area contributed by atoms with Gasteiger partial charge in [-0.05, 0) is 62.2 Å². The second-order valence-corrected chi connectivity index (χ2v) is 10.8. The smallest absolute Gasteiger partial charge is 0.247 e. The van der Waals surface area contributed by atoms with Gasteiger partial charge in [0.15, 0.2) is 17.2 Å². The summed E-state index contributed by atoms with van der Waals surface area (Å²) in [5, 5.41) is 7.62. The minimum atomic E-state index is -1.38. The number of nitrogens with zero attached hydrogens (tertiary/aromatic N) is 5. The highest BCUT2D eigenvalue weighted by atomic mass is 19.1. The number of halogens is 2. The fourth-order valence-electron chi connectivity index (χ4n) is 5.05. The molecule has 0 spiro atoms. The predicted molar refractivity (Wildman–Crippen MR) is 156 cm³/mol. The third-order valence-corrected chi connectivity index (χ3v) is 7.84. The average molecular weight is 586 g/mol. The van der Waals surface area contributed by atoms with Gasteiger partial charge in [0.25, 0.3) is 0 Å². The lowest BCUT2D eigenvalue weighted by molar-refractivity contribution is -0.133. The van der Waals surface area contributed by atoms with Crippen LogP contribution in [0, 0.1) is 28.9 Å². The number of aromatic amines is 1. The molecule has 2 aromatic heterocycles. The maximum atomic E-state index is 15.6. The summed E-state index contributed by atoms with van der Waals surface area (Å²) in [5.41, 5.74) is 5.43. The Morgan fingerprint density at radius 3 is 2.44 bits per heavy atom. The van der Waals surface area contributed by atoms with Crippen molar-refractivity contribution < 1.29 is 23.1 Å². The molecule has 1 saturated carbocycles. The average Bonchev–Trinajstić information content (AvgIpc) is 3.72. The quantitative estimate of drug-likeness (QED) is 0.251. The summed E-state index contributed by atoms with van der Waals surface area (Å²) in [4.78, 5) is 35.7. The van der Waals surface area contributed by atoms with Gasteiger partial charge in [0, 0.05) is 50.2 Å². The van der Waals surface area contributed by atoms with Gasteiger partial charge in [0.05, 0.1) is 17.6 Å². The van der Waals surface area contributed by atoms with Crippen molar-refractivity contribution in [2.75, 3.05) is 44.7 Å². The molecule has 220 valence electrons. The maximum Gasteiger partial charge on any atom is 0.247 e. The Morgan fingerprint density at radius 2 is 1.77 bits per heavy atom. The molecule has 0 bridgehead atoms. The highest BCUT2D eigenvalue weighted by Crippen LogP contribution is 2.49. The van der Waals surface area contributed by atoms with Crippen LogP contribution in [0.15, 0.2) is 54.7 Å². The van der Waals surface area contributed by atoms with Gasteiger partial charge in [-0.1, -0.05) is 5.92 Å². The van der Waals surface area contributed by atoms with E-state index in [0.717, 1.165) is 32.2 Å². The van der Waals surface area contributed by atoms with E-state index < -0.39 is 28.9 Å². The molecule has 1 aliphatic heterocycles. The van der Waals surface area contributed by atoms with Crippen molar-refractivity contribution in [1.82, 2.24) is 25.0 Å². The number of anilines is 2. The summed E-state index contributed by atoms with van der Waals surface area (Å²) in [6, 6.07) is 10.7. The van der Waals surface area contributed by atoms with Crippen molar-refractivity contribution in [3.63, 3.8) is 0 Å². The molecule has 43 heavy (non-hydrogen) atoms. The molecule has 0 unspecified atom stereocenters. The van der Waals surface area contributed by atoms with Crippen LogP contribution < -0.4 is 15.4 Å². The van der Waals surface area contributed by atoms with E-state index in [-0.39, 0.29) is 30.0 Å². The van der Waals surface area contributed by atoms with Gasteiger partial charge >= 0.3 is 0 Å². The molecule has 0 atom stereocenters. The van der Waals surface area contributed by atoms with E-state index in [1.54, 1.807) is 6.07 Å². The molecule has 2 aliphatic rings. The van der Waals surface area contributed by atoms with E-state index in [4.69, 9.17) is 10.5 Å². The largest absolute Gasteiger partial charge is 0.453 e. The number of ether oxygens (including phenoxy) is 1. The lowest BCUT2D eigenvalue weighted by atomic mass is 10.0. The molecular formula is C31H29F2N7O3. The molecule has 2 fully saturated rings. The second kappa shape index (κ2) is 11.4. The standard InChI is InChI=1S/C31H29F2N7O3/c1-38-15-17-39(18-16-38)14-2-3-24-27-26(10-13-35-28(27)37-36-24)43-25-9-8-22(19-23(25)33)40(21-6-4-20(32)5-7-21)30(42)31(11-12-31)29(34)41/h4-10,13,19H,11-12,14-18H2,1H3,(H2,34,41)(H,35,36,37). The Kier molecular flexibility index (Phi) is 7.52. The molecule has 2 aromatic carbocycles. The minimum Gasteiger partial charge on any atom is -0.453 e. The number of piperazine rings is 1. The highest BCUT2D eigenvalue weighted by Gasteiger charge is 2.57. The van der Waals surface area contributed by atoms with Crippen LogP contribution in [0.25, 0.3) is 11.0 Å². The number of hydrogen-bond donors (Lipinski definition) is 2. The number of nitrogens with one attached hydrogen (secondary N) is 1. The van der Waals surface area contributed by atoms with Gasteiger partial charge in [0.2, 0.25) is 11.8 Å². The van der Waals surface area contributed by atoms with E-state index in [9.17, 15) is 14.0 Å². The first-order valence-corrected chi connectivity index (χ1v) is 13.9. The van der Waals surface area contributed by atoms with Crippen molar-refractivity contribution in [3.05, 3.63) is 72.1 Å². The third-order valence-electron chi connectivity index (χ3n) is 7.84. The molecule has 10 nitrogen and oxygen atoms in total. The number of likely N-dealkylation sites (N-methyl/N-ethyl adjacent to an activating group) is 1. The molecule has 1 aliphatic carbocycles. The van der Waals surface area contributed by atoms with Crippen LogP contribution in [0.2, 0.25) is 0 Å². The van der Waals surface area contributed by atoms with E-state index >= 15 is 4.39 Å². The summed E-state index contributed by atoms with van der Waals surface area (Å²) in [7, 11) is 2.10. The Bertz CT molecular complexity index is 1750. The van der Waals surface area contributed by atoms with Gasteiger partial charge < -0.3 is 15.4 Å². The third kappa shape index (κ3) is 5.64. The predicted octanol–water partition coefficient (Wildman–Crippen LogP) is 3.56. The van der Waals surface area contributed by atoms with Crippen LogP contribution >= 0.6 is 0 Å². The fraction of sp³-hybridized carbons (Fsp3) is 0.290. The number of carbonyl (C=O) groups is 2. The van der Waals surface area contributed by atoms with Crippen molar-refractivity contribution in [2.45, 2.75) is 12.8 Å². The summed E-state index contributed by atoms with van der Waals surface area (Å²) in [6.07, 6.45) is 2.07. The molecular weight excluding hydrogens is 556 g/mol. The number of amides is 2. The number of rotatable bonds is 7. The van der Waals surface area contributed by atoms with Crippen LogP contribution in [0.1, 0.15) is 18.5 Å². The van der Waals surface area contributed by atoms with E-state index in [2.05, 4.69) is 43.9 Å². The zero-order valence-electron chi connectivity index (χ0n) is 23.4. The van der Waals surface area contributed by atoms with Crippen molar-refractivity contribution >= 4 is 34.2 Å². The molecule has 3 N–H and O–H groups in total. The van der Waals surface area contributed by atoms with Crippen LogP contribution in [0.5, 0.6) is 11.5 Å². The first kappa shape index (κ1) is 28.3. The maximum absolute atomic E-state index is 15.6. The number of fused-ring (bicyclic) bond motifs is 1. The lowest BCUT2D eigenvalue weighted by Crippen LogP contribution is -2.44. The van der Waals surface area contributed by atoms with Gasteiger partial charge in [-0.25, -0.2) is 13.8 Å². The Balaban J connectivity index is 1.28. The number of nitrogens with two attached hydrogens (primary N) is 1. The fourth-order valence-corrected chi connectivity index (χ4v) is 5.05. The van der Waals surface area contributed by atoms with Crippen LogP contribution in [0.4, 0.5) is 20.2 Å². The number of hydrogen-bond acceptors (Lipinski definition) is 7. The van der Waals surface area contributed by atoms with Crippen LogP contribution in [-0.2, 0) is 9.59 Å². The van der Waals surface area contributed by atoms with Crippen LogP contribution in [0.3, 0.4) is 0 Å². The van der Waals surface area contributed by atoms with Gasteiger partial charge in [-0.3, -0.25) is 24.5 Å². The number of aromatic nitrogens is 3. The number of pyridine rings is 1. The number of benzene rings is 2. The van der Waals surface area contributed by atoms with Crippen molar-refractivity contribution in [3.8, 4) is 23.3 Å². The van der Waals surface area contributed by atoms with Crippen molar-refractivity contribution in [2.24, 2.45) is 11.1 Å². The number of carbonyl (C=O) groups excluding carboxylic acids is 2. The summed E-state index contributed by atoms with van der Waals surface area (Å²) < 4.78 is 35.2. The zero-order chi connectivity index (χ0) is 30.1. The molecule has 4 aromatic rings. The second-order valence-electron chi connectivity index (χ2n) is 10.8. The normalized spacial score (nSPS) is 16.3. The van der Waals surface area contributed by atoms with Crippen LogP contribution in [-0.4, -0.2) is 76.6 Å². The topological polar surface area (TPSA) is 121 Å². The van der Waals surface area contributed by atoms with Gasteiger partial charge in [-0.2, -0.15) is 5.10 Å². The van der Waals surface area contributed by atoms with E-state index in [0.29, 0.717) is 29.0 Å². The lowest BCUT2D eigenvalue weighted by Gasteiger charge is -2.30. The minimum absolute atomic E-state index is 0.115. The molecule has 3 heterocycles.